The van der Waals surface area contributed by atoms with E-state index in [9.17, 15) is 4.79 Å². The molecule has 26 heavy (non-hydrogen) atoms. The van der Waals surface area contributed by atoms with Gasteiger partial charge in [0.25, 0.3) is 0 Å². The van der Waals surface area contributed by atoms with Crippen LogP contribution in [0.2, 0.25) is 0 Å². The van der Waals surface area contributed by atoms with Crippen LogP contribution in [0.15, 0.2) is 42.5 Å². The fourth-order valence-electron chi connectivity index (χ4n) is 3.70. The van der Waals surface area contributed by atoms with Crippen LogP contribution in [0.25, 0.3) is 0 Å². The monoisotopic (exact) mass is 352 g/mol. The molecule has 2 amide bonds. The predicted molar refractivity (Wildman–Crippen MR) is 99.5 cm³/mol. The van der Waals surface area contributed by atoms with Crippen molar-refractivity contribution in [3.8, 4) is 11.5 Å². The fraction of sp³-hybridized carbons (Fsp3) is 0.381. The molecule has 0 saturated heterocycles. The van der Waals surface area contributed by atoms with Crippen molar-refractivity contribution in [3.05, 3.63) is 59.2 Å². The maximum absolute atomic E-state index is 12.9. The van der Waals surface area contributed by atoms with E-state index in [0.717, 1.165) is 31.4 Å². The molecule has 2 aliphatic rings. The summed E-state index contributed by atoms with van der Waals surface area (Å²) < 4.78 is 10.7. The first-order chi connectivity index (χ1) is 12.6. The molecule has 0 bridgehead atoms. The lowest BCUT2D eigenvalue weighted by Crippen LogP contribution is -2.46. The van der Waals surface area contributed by atoms with Gasteiger partial charge in [0.1, 0.15) is 0 Å². The highest BCUT2D eigenvalue weighted by molar-refractivity contribution is 5.76. The number of amides is 2. The lowest BCUT2D eigenvalue weighted by atomic mass is 10.00. The molecule has 0 atom stereocenters. The summed E-state index contributed by atoms with van der Waals surface area (Å²) in [6.07, 6.45) is 2.80. The molecule has 1 N–H and O–H groups in total. The van der Waals surface area contributed by atoms with Gasteiger partial charge in [-0.05, 0) is 48.1 Å². The number of fused-ring (bicyclic) bond motifs is 1. The molecule has 4 rings (SSSR count). The zero-order chi connectivity index (χ0) is 18.1. The van der Waals surface area contributed by atoms with Gasteiger partial charge in [0, 0.05) is 13.1 Å². The average molecular weight is 352 g/mol. The quantitative estimate of drug-likeness (QED) is 0.917. The minimum atomic E-state index is -0.284. The van der Waals surface area contributed by atoms with Crippen LogP contribution in [-0.4, -0.2) is 31.7 Å². The molecule has 1 aliphatic heterocycles. The summed E-state index contributed by atoms with van der Waals surface area (Å²) in [7, 11) is 3.26. The van der Waals surface area contributed by atoms with Crippen LogP contribution in [0.5, 0.6) is 11.5 Å². The highest BCUT2D eigenvalue weighted by Crippen LogP contribution is 2.47. The molecule has 1 heterocycles. The third kappa shape index (κ3) is 2.98. The maximum atomic E-state index is 12.9. The minimum absolute atomic E-state index is 0.00629. The molecule has 5 nitrogen and oxygen atoms in total. The Morgan fingerprint density at radius 3 is 2.46 bits per heavy atom. The van der Waals surface area contributed by atoms with Gasteiger partial charge < -0.3 is 19.7 Å². The number of nitrogens with zero attached hydrogens (tertiary/aromatic N) is 1. The largest absolute Gasteiger partial charge is 0.493 e. The molecule has 0 unspecified atom stereocenters. The van der Waals surface area contributed by atoms with Gasteiger partial charge in [-0.15, -0.1) is 0 Å². The summed E-state index contributed by atoms with van der Waals surface area (Å²) in [4.78, 5) is 14.8. The second-order valence-electron chi connectivity index (χ2n) is 7.02. The normalized spacial score (nSPS) is 17.2. The van der Waals surface area contributed by atoms with Crippen molar-refractivity contribution in [2.24, 2.45) is 0 Å². The first-order valence-corrected chi connectivity index (χ1v) is 9.01. The Bertz CT molecular complexity index is 830. The van der Waals surface area contributed by atoms with E-state index in [-0.39, 0.29) is 11.6 Å². The highest BCUT2D eigenvalue weighted by Gasteiger charge is 2.47. The number of carbonyl (C=O) groups excluding carboxylic acids is 1. The number of carbonyl (C=O) groups is 1. The lowest BCUT2D eigenvalue weighted by molar-refractivity contribution is 0.187. The number of urea groups is 1. The number of nitrogens with one attached hydrogen (secondary N) is 1. The van der Waals surface area contributed by atoms with Crippen molar-refractivity contribution < 1.29 is 14.3 Å². The zero-order valence-corrected chi connectivity index (χ0v) is 15.2. The summed E-state index contributed by atoms with van der Waals surface area (Å²) in [5.41, 5.74) is 3.37. The second-order valence-corrected chi connectivity index (χ2v) is 7.02. The molecule has 1 aliphatic carbocycles. The van der Waals surface area contributed by atoms with Crippen molar-refractivity contribution in [2.45, 2.75) is 31.3 Å². The van der Waals surface area contributed by atoms with Crippen molar-refractivity contribution in [3.63, 3.8) is 0 Å². The maximum Gasteiger partial charge on any atom is 0.318 e. The Hall–Kier alpha value is -2.69. The van der Waals surface area contributed by atoms with Gasteiger partial charge in [0.15, 0.2) is 11.5 Å². The second kappa shape index (κ2) is 6.56. The number of hydrogen-bond acceptors (Lipinski definition) is 3. The number of ether oxygens (including phenoxy) is 2. The lowest BCUT2D eigenvalue weighted by Gasteiger charge is -2.31. The average Bonchev–Trinajstić information content (AvgIpc) is 3.47. The first kappa shape index (κ1) is 16.8. The van der Waals surface area contributed by atoms with E-state index in [4.69, 9.17) is 9.47 Å². The Labute approximate surface area is 153 Å². The molecule has 0 aromatic heterocycles. The Balaban J connectivity index is 1.49. The van der Waals surface area contributed by atoms with Crippen LogP contribution in [0.3, 0.4) is 0 Å². The van der Waals surface area contributed by atoms with Crippen molar-refractivity contribution in [1.82, 2.24) is 10.2 Å². The Morgan fingerprint density at radius 1 is 1.04 bits per heavy atom. The summed E-state index contributed by atoms with van der Waals surface area (Å²) in [6.45, 7) is 1.43. The van der Waals surface area contributed by atoms with Gasteiger partial charge in [-0.2, -0.15) is 0 Å². The third-order valence-electron chi connectivity index (χ3n) is 5.45. The topological polar surface area (TPSA) is 50.8 Å². The van der Waals surface area contributed by atoms with E-state index in [1.54, 1.807) is 14.2 Å². The smallest absolute Gasteiger partial charge is 0.318 e. The molecule has 1 fully saturated rings. The van der Waals surface area contributed by atoms with Crippen LogP contribution < -0.4 is 14.8 Å². The number of benzene rings is 2. The predicted octanol–water partition coefficient (Wildman–Crippen LogP) is 3.46. The Kier molecular flexibility index (Phi) is 4.23. The van der Waals surface area contributed by atoms with Crippen LogP contribution in [0.1, 0.15) is 29.5 Å². The summed E-state index contributed by atoms with van der Waals surface area (Å²) in [6, 6.07) is 14.2. The number of hydrogen-bond donors (Lipinski definition) is 1. The first-order valence-electron chi connectivity index (χ1n) is 9.01. The van der Waals surface area contributed by atoms with Gasteiger partial charge >= 0.3 is 6.03 Å². The van der Waals surface area contributed by atoms with Crippen LogP contribution in [0, 0.1) is 0 Å². The van der Waals surface area contributed by atoms with Crippen molar-refractivity contribution in [1.29, 1.82) is 0 Å². The SMILES string of the molecule is COc1ccc(C2(NC(=O)N3CCc4ccccc4C3)CC2)cc1OC. The van der Waals surface area contributed by atoms with E-state index in [0.29, 0.717) is 18.0 Å². The minimum Gasteiger partial charge on any atom is -0.493 e. The molecule has 2 aromatic rings. The number of rotatable bonds is 4. The fourth-order valence-corrected chi connectivity index (χ4v) is 3.70. The zero-order valence-electron chi connectivity index (χ0n) is 15.2. The van der Waals surface area contributed by atoms with Crippen LogP contribution >= 0.6 is 0 Å². The van der Waals surface area contributed by atoms with Gasteiger partial charge in [0.2, 0.25) is 0 Å². The summed E-state index contributed by atoms with van der Waals surface area (Å²) in [5, 5.41) is 3.26. The van der Waals surface area contributed by atoms with Crippen molar-refractivity contribution >= 4 is 6.03 Å². The van der Waals surface area contributed by atoms with Crippen molar-refractivity contribution in [2.75, 3.05) is 20.8 Å². The molecule has 136 valence electrons. The van der Waals surface area contributed by atoms with Gasteiger partial charge in [0.05, 0.1) is 19.8 Å². The molecular weight excluding hydrogens is 328 g/mol. The standard InChI is InChI=1S/C21H24N2O3/c1-25-18-8-7-17(13-19(18)26-2)21(10-11-21)22-20(24)23-12-9-15-5-3-4-6-16(15)14-23/h3-8,13H,9-12,14H2,1-2H3,(H,22,24). The highest BCUT2D eigenvalue weighted by atomic mass is 16.5. The van der Waals surface area contributed by atoms with Crippen LogP contribution in [0.4, 0.5) is 4.79 Å². The molecule has 1 saturated carbocycles. The van der Waals surface area contributed by atoms with E-state index in [2.05, 4.69) is 23.5 Å². The Morgan fingerprint density at radius 2 is 1.77 bits per heavy atom. The van der Waals surface area contributed by atoms with Crippen LogP contribution in [-0.2, 0) is 18.5 Å². The third-order valence-corrected chi connectivity index (χ3v) is 5.45. The van der Waals surface area contributed by atoms with E-state index in [1.807, 2.05) is 29.2 Å². The van der Waals surface area contributed by atoms with Gasteiger partial charge in [-0.1, -0.05) is 30.3 Å². The van der Waals surface area contributed by atoms with E-state index in [1.165, 1.54) is 11.1 Å². The number of methoxy groups -OCH3 is 2. The molecular formula is C21H24N2O3. The summed E-state index contributed by atoms with van der Waals surface area (Å²) >= 11 is 0. The van der Waals surface area contributed by atoms with E-state index >= 15 is 0 Å². The van der Waals surface area contributed by atoms with Gasteiger partial charge in [-0.25, -0.2) is 4.79 Å². The van der Waals surface area contributed by atoms with E-state index < -0.39 is 0 Å². The molecule has 2 aromatic carbocycles. The molecule has 0 radical (unpaired) electrons. The molecule has 5 heteroatoms. The molecule has 0 spiro atoms. The summed E-state index contributed by atoms with van der Waals surface area (Å²) in [5.74, 6) is 1.39. The van der Waals surface area contributed by atoms with Gasteiger partial charge in [-0.3, -0.25) is 0 Å².